The van der Waals surface area contributed by atoms with Crippen LogP contribution in [0.4, 0.5) is 5.13 Å². The summed E-state index contributed by atoms with van der Waals surface area (Å²) in [7, 11) is -2.62. The highest BCUT2D eigenvalue weighted by Gasteiger charge is 2.19. The standard InChI is InChI=1S/C10H8ClN3O4S2/c1-18-9(15)8-12-10(19-13-8)14-20(16,17)7-4-2-6(11)3-5-7/h2-5H,1H3,(H,12,13,14). The Morgan fingerprint density at radius 3 is 2.60 bits per heavy atom. The van der Waals surface area contributed by atoms with Gasteiger partial charge in [-0.15, -0.1) is 0 Å². The van der Waals surface area contributed by atoms with Gasteiger partial charge in [0.1, 0.15) is 0 Å². The van der Waals surface area contributed by atoms with Gasteiger partial charge in [-0.2, -0.15) is 9.36 Å². The minimum atomic E-state index is -3.80. The molecule has 2 aromatic rings. The van der Waals surface area contributed by atoms with Crippen LogP contribution in [0.15, 0.2) is 29.2 Å². The number of sulfonamides is 1. The molecule has 0 radical (unpaired) electrons. The van der Waals surface area contributed by atoms with E-state index >= 15 is 0 Å². The molecule has 7 nitrogen and oxygen atoms in total. The molecule has 0 unspecified atom stereocenters. The number of hydrogen-bond acceptors (Lipinski definition) is 7. The minimum Gasteiger partial charge on any atom is -0.463 e. The maximum atomic E-state index is 12.0. The molecule has 0 amide bonds. The lowest BCUT2D eigenvalue weighted by Gasteiger charge is -2.04. The number of anilines is 1. The molecule has 0 bridgehead atoms. The van der Waals surface area contributed by atoms with E-state index in [1.807, 2.05) is 0 Å². The third kappa shape index (κ3) is 3.24. The molecule has 0 aliphatic carbocycles. The third-order valence-corrected chi connectivity index (χ3v) is 4.51. The number of aromatic nitrogens is 2. The van der Waals surface area contributed by atoms with Crippen LogP contribution in [0.2, 0.25) is 5.02 Å². The van der Waals surface area contributed by atoms with Crippen molar-refractivity contribution < 1.29 is 17.9 Å². The van der Waals surface area contributed by atoms with E-state index < -0.39 is 16.0 Å². The van der Waals surface area contributed by atoms with Crippen molar-refractivity contribution in [2.24, 2.45) is 0 Å². The number of halogens is 1. The van der Waals surface area contributed by atoms with Gasteiger partial charge in [-0.25, -0.2) is 13.2 Å². The van der Waals surface area contributed by atoms with E-state index in [1.165, 1.54) is 31.4 Å². The zero-order valence-electron chi connectivity index (χ0n) is 10.0. The Hall–Kier alpha value is -1.71. The summed E-state index contributed by atoms with van der Waals surface area (Å²) in [6.07, 6.45) is 0. The van der Waals surface area contributed by atoms with Crippen LogP contribution in [-0.2, 0) is 14.8 Å². The average Bonchev–Trinajstić information content (AvgIpc) is 2.86. The Morgan fingerprint density at radius 2 is 2.00 bits per heavy atom. The highest BCUT2D eigenvalue weighted by molar-refractivity contribution is 7.93. The molecule has 0 saturated carbocycles. The van der Waals surface area contributed by atoms with E-state index in [-0.39, 0.29) is 15.9 Å². The Balaban J connectivity index is 2.22. The first-order chi connectivity index (χ1) is 9.42. The topological polar surface area (TPSA) is 98.2 Å². The molecule has 0 aliphatic heterocycles. The van der Waals surface area contributed by atoms with Gasteiger partial charge in [-0.1, -0.05) is 11.6 Å². The van der Waals surface area contributed by atoms with Gasteiger partial charge in [-0.05, 0) is 24.3 Å². The van der Waals surface area contributed by atoms with Crippen LogP contribution in [0.3, 0.4) is 0 Å². The molecule has 1 aromatic heterocycles. The van der Waals surface area contributed by atoms with Gasteiger partial charge in [-0.3, -0.25) is 4.72 Å². The summed E-state index contributed by atoms with van der Waals surface area (Å²) >= 11 is 6.43. The highest BCUT2D eigenvalue weighted by Crippen LogP contribution is 2.19. The van der Waals surface area contributed by atoms with Crippen LogP contribution in [0.25, 0.3) is 0 Å². The Bertz CT molecular complexity index is 727. The van der Waals surface area contributed by atoms with E-state index in [1.54, 1.807) is 0 Å². The molecule has 0 aliphatic rings. The maximum absolute atomic E-state index is 12.0. The smallest absolute Gasteiger partial charge is 0.377 e. The van der Waals surface area contributed by atoms with Crippen molar-refractivity contribution in [3.05, 3.63) is 35.1 Å². The zero-order valence-corrected chi connectivity index (χ0v) is 12.4. The van der Waals surface area contributed by atoms with Gasteiger partial charge in [0.2, 0.25) is 5.13 Å². The van der Waals surface area contributed by atoms with E-state index in [2.05, 4.69) is 18.8 Å². The van der Waals surface area contributed by atoms with Gasteiger partial charge in [0, 0.05) is 16.6 Å². The summed E-state index contributed by atoms with van der Waals surface area (Å²) in [5.41, 5.74) is 0. The predicted molar refractivity (Wildman–Crippen MR) is 73.5 cm³/mol. The van der Waals surface area contributed by atoms with Crippen molar-refractivity contribution in [1.29, 1.82) is 0 Å². The van der Waals surface area contributed by atoms with Gasteiger partial charge in [0.15, 0.2) is 0 Å². The SMILES string of the molecule is COC(=O)c1nsc(NS(=O)(=O)c2ccc(Cl)cc2)n1. The second kappa shape index (κ2) is 5.73. The van der Waals surface area contributed by atoms with Gasteiger partial charge in [0.25, 0.3) is 15.8 Å². The van der Waals surface area contributed by atoms with Gasteiger partial charge >= 0.3 is 5.97 Å². The van der Waals surface area contributed by atoms with Crippen LogP contribution in [0.1, 0.15) is 10.6 Å². The van der Waals surface area contributed by atoms with Crippen LogP contribution in [0.5, 0.6) is 0 Å². The summed E-state index contributed by atoms with van der Waals surface area (Å²) in [6.45, 7) is 0. The molecule has 0 saturated heterocycles. The fourth-order valence-corrected chi connectivity index (χ4v) is 3.13. The van der Waals surface area contributed by atoms with E-state index in [9.17, 15) is 13.2 Å². The highest BCUT2D eigenvalue weighted by atomic mass is 35.5. The van der Waals surface area contributed by atoms with Crippen molar-refractivity contribution in [3.8, 4) is 0 Å². The fraction of sp³-hybridized carbons (Fsp3) is 0.100. The summed E-state index contributed by atoms with van der Waals surface area (Å²) in [5.74, 6) is -0.940. The maximum Gasteiger partial charge on any atom is 0.377 e. The first kappa shape index (κ1) is 14.7. The minimum absolute atomic E-state index is 0.0247. The zero-order chi connectivity index (χ0) is 14.8. The third-order valence-electron chi connectivity index (χ3n) is 2.14. The summed E-state index contributed by atoms with van der Waals surface area (Å²) in [4.78, 5) is 14.9. The molecule has 1 N–H and O–H groups in total. The summed E-state index contributed by atoms with van der Waals surface area (Å²) in [6, 6.07) is 5.62. The normalized spacial score (nSPS) is 11.1. The summed E-state index contributed by atoms with van der Waals surface area (Å²) in [5, 5.41) is 0.396. The molecular formula is C10H8ClN3O4S2. The Morgan fingerprint density at radius 1 is 1.35 bits per heavy atom. The fourth-order valence-electron chi connectivity index (χ4n) is 1.23. The number of nitrogens with zero attached hydrogens (tertiary/aromatic N) is 2. The molecular weight excluding hydrogens is 326 g/mol. The first-order valence-electron chi connectivity index (χ1n) is 5.13. The molecule has 0 atom stereocenters. The Labute approximate surface area is 123 Å². The van der Waals surface area contributed by atoms with Crippen molar-refractivity contribution in [1.82, 2.24) is 9.36 Å². The van der Waals surface area contributed by atoms with Crippen molar-refractivity contribution in [2.45, 2.75) is 4.90 Å². The van der Waals surface area contributed by atoms with E-state index in [0.29, 0.717) is 5.02 Å². The van der Waals surface area contributed by atoms with Crippen LogP contribution >= 0.6 is 23.1 Å². The molecule has 1 heterocycles. The van der Waals surface area contributed by atoms with Crippen molar-refractivity contribution in [2.75, 3.05) is 11.8 Å². The first-order valence-corrected chi connectivity index (χ1v) is 7.76. The number of hydrogen-bond donors (Lipinski definition) is 1. The molecule has 0 spiro atoms. The van der Waals surface area contributed by atoms with Crippen molar-refractivity contribution in [3.63, 3.8) is 0 Å². The lowest BCUT2D eigenvalue weighted by Crippen LogP contribution is -2.13. The van der Waals surface area contributed by atoms with Gasteiger partial charge < -0.3 is 4.74 Å². The molecule has 10 heteroatoms. The number of esters is 1. The number of ether oxygens (including phenoxy) is 1. The Kier molecular flexibility index (Phi) is 4.21. The number of nitrogens with one attached hydrogen (secondary N) is 1. The molecule has 0 fully saturated rings. The summed E-state index contributed by atoms with van der Waals surface area (Å²) < 4.78 is 34.4. The number of methoxy groups -OCH3 is 1. The largest absolute Gasteiger partial charge is 0.463 e. The van der Waals surface area contributed by atoms with Crippen LogP contribution < -0.4 is 4.72 Å². The average molecular weight is 334 g/mol. The van der Waals surface area contributed by atoms with E-state index in [4.69, 9.17) is 11.6 Å². The molecule has 1 aromatic carbocycles. The lowest BCUT2D eigenvalue weighted by molar-refractivity contribution is 0.0588. The number of carbonyl (C=O) groups excluding carboxylic acids is 1. The van der Waals surface area contributed by atoms with Crippen molar-refractivity contribution >= 4 is 44.3 Å². The van der Waals surface area contributed by atoms with Crippen LogP contribution in [-0.4, -0.2) is 30.9 Å². The van der Waals surface area contributed by atoms with E-state index in [0.717, 1.165) is 11.5 Å². The number of rotatable bonds is 4. The number of carbonyl (C=O) groups is 1. The lowest BCUT2D eigenvalue weighted by atomic mass is 10.4. The van der Waals surface area contributed by atoms with Crippen LogP contribution in [0, 0.1) is 0 Å². The number of benzene rings is 1. The quantitative estimate of drug-likeness (QED) is 0.856. The molecule has 2 rings (SSSR count). The molecule has 20 heavy (non-hydrogen) atoms. The second-order valence-electron chi connectivity index (χ2n) is 3.47. The monoisotopic (exact) mass is 333 g/mol. The predicted octanol–water partition coefficient (Wildman–Crippen LogP) is 1.78. The van der Waals surface area contributed by atoms with Gasteiger partial charge in [0.05, 0.1) is 12.0 Å². The second-order valence-corrected chi connectivity index (χ2v) is 6.34. The molecule has 106 valence electrons.